The maximum atomic E-state index is 5.45. The molecule has 0 bridgehead atoms. The normalized spacial score (nSPS) is 10.5. The Hall–Kier alpha value is -2.35. The molecule has 0 saturated carbocycles. The number of methoxy groups -OCH3 is 1. The lowest BCUT2D eigenvalue weighted by molar-refractivity contribution is 0.415. The van der Waals surface area contributed by atoms with Crippen LogP contribution in [0.3, 0.4) is 0 Å². The minimum Gasteiger partial charge on any atom is -0.494 e. The van der Waals surface area contributed by atoms with Crippen LogP contribution < -0.4 is 4.74 Å². The van der Waals surface area contributed by atoms with Crippen molar-refractivity contribution in [3.8, 4) is 17.0 Å². The fourth-order valence-corrected chi connectivity index (χ4v) is 2.05. The van der Waals surface area contributed by atoms with Crippen molar-refractivity contribution in [3.63, 3.8) is 0 Å². The van der Waals surface area contributed by atoms with Gasteiger partial charge in [-0.1, -0.05) is 48.5 Å². The molecule has 0 aliphatic carbocycles. The molecule has 88 valence electrons. The predicted octanol–water partition coefficient (Wildman–Crippen LogP) is 3.91. The first-order chi connectivity index (χ1) is 8.88. The summed E-state index contributed by atoms with van der Waals surface area (Å²) in [6.45, 7) is 0. The van der Waals surface area contributed by atoms with Gasteiger partial charge < -0.3 is 4.74 Å². The monoisotopic (exact) mass is 235 g/mol. The second-order valence-corrected chi connectivity index (χ2v) is 4.10. The van der Waals surface area contributed by atoms with Crippen molar-refractivity contribution >= 4 is 10.9 Å². The number of pyridine rings is 1. The SMILES string of the molecule is COc1cc2ccccc2nc1-c1ccccc1. The molecular formula is C16H13NO. The fourth-order valence-electron chi connectivity index (χ4n) is 2.05. The molecule has 0 spiro atoms. The maximum absolute atomic E-state index is 5.45. The summed E-state index contributed by atoms with van der Waals surface area (Å²) >= 11 is 0. The number of benzene rings is 2. The van der Waals surface area contributed by atoms with Crippen molar-refractivity contribution in [1.29, 1.82) is 0 Å². The molecule has 3 aromatic rings. The van der Waals surface area contributed by atoms with Gasteiger partial charge in [-0.3, -0.25) is 0 Å². The summed E-state index contributed by atoms with van der Waals surface area (Å²) in [5.41, 5.74) is 2.94. The van der Waals surface area contributed by atoms with Gasteiger partial charge in [0.25, 0.3) is 0 Å². The molecule has 2 nitrogen and oxygen atoms in total. The van der Waals surface area contributed by atoms with Crippen LogP contribution in [0, 0.1) is 0 Å². The van der Waals surface area contributed by atoms with Crippen LogP contribution in [0.15, 0.2) is 60.7 Å². The maximum Gasteiger partial charge on any atom is 0.145 e. The Morgan fingerprint density at radius 2 is 1.61 bits per heavy atom. The third-order valence-electron chi connectivity index (χ3n) is 2.96. The third kappa shape index (κ3) is 1.82. The molecule has 3 rings (SSSR count). The van der Waals surface area contributed by atoms with Gasteiger partial charge in [0.1, 0.15) is 11.4 Å². The number of ether oxygens (including phenoxy) is 1. The summed E-state index contributed by atoms with van der Waals surface area (Å²) in [5, 5.41) is 1.09. The van der Waals surface area contributed by atoms with E-state index in [4.69, 9.17) is 9.72 Å². The summed E-state index contributed by atoms with van der Waals surface area (Å²) < 4.78 is 5.45. The number of aromatic nitrogens is 1. The molecule has 0 N–H and O–H groups in total. The Morgan fingerprint density at radius 1 is 0.889 bits per heavy atom. The zero-order valence-corrected chi connectivity index (χ0v) is 10.1. The zero-order chi connectivity index (χ0) is 12.4. The smallest absolute Gasteiger partial charge is 0.145 e. The van der Waals surface area contributed by atoms with Crippen molar-refractivity contribution in [2.24, 2.45) is 0 Å². The number of hydrogen-bond donors (Lipinski definition) is 0. The lowest BCUT2D eigenvalue weighted by Crippen LogP contribution is -1.92. The summed E-state index contributed by atoms with van der Waals surface area (Å²) in [6, 6.07) is 20.2. The van der Waals surface area contributed by atoms with E-state index in [1.54, 1.807) is 7.11 Å². The molecule has 1 aromatic heterocycles. The van der Waals surface area contributed by atoms with Crippen LogP contribution in [0.1, 0.15) is 0 Å². The Balaban J connectivity index is 2.27. The van der Waals surface area contributed by atoms with Gasteiger partial charge in [0.15, 0.2) is 0 Å². The van der Waals surface area contributed by atoms with Gasteiger partial charge in [-0.05, 0) is 12.1 Å². The third-order valence-corrected chi connectivity index (χ3v) is 2.96. The largest absolute Gasteiger partial charge is 0.494 e. The van der Waals surface area contributed by atoms with Gasteiger partial charge in [0.05, 0.1) is 12.6 Å². The van der Waals surface area contributed by atoms with Crippen LogP contribution in [-0.2, 0) is 0 Å². The van der Waals surface area contributed by atoms with E-state index in [9.17, 15) is 0 Å². The first kappa shape index (κ1) is 10.8. The van der Waals surface area contributed by atoms with Crippen LogP contribution in [-0.4, -0.2) is 12.1 Å². The van der Waals surface area contributed by atoms with Crippen molar-refractivity contribution in [3.05, 3.63) is 60.7 Å². The van der Waals surface area contributed by atoms with E-state index in [1.807, 2.05) is 60.7 Å². The summed E-state index contributed by atoms with van der Waals surface area (Å²) in [4.78, 5) is 4.69. The molecule has 0 atom stereocenters. The molecule has 0 unspecified atom stereocenters. The fraction of sp³-hybridized carbons (Fsp3) is 0.0625. The highest BCUT2D eigenvalue weighted by Gasteiger charge is 2.08. The number of nitrogens with zero attached hydrogens (tertiary/aromatic N) is 1. The first-order valence-electron chi connectivity index (χ1n) is 5.87. The molecule has 0 aliphatic rings. The molecular weight excluding hydrogens is 222 g/mol. The van der Waals surface area contributed by atoms with E-state index >= 15 is 0 Å². The van der Waals surface area contributed by atoms with Crippen molar-refractivity contribution in [1.82, 2.24) is 4.98 Å². The second-order valence-electron chi connectivity index (χ2n) is 4.10. The highest BCUT2D eigenvalue weighted by molar-refractivity contribution is 5.84. The highest BCUT2D eigenvalue weighted by atomic mass is 16.5. The van der Waals surface area contributed by atoms with Gasteiger partial charge in [-0.2, -0.15) is 0 Å². The first-order valence-corrected chi connectivity index (χ1v) is 5.87. The predicted molar refractivity (Wildman–Crippen MR) is 73.7 cm³/mol. The lowest BCUT2D eigenvalue weighted by Gasteiger charge is -2.09. The number of hydrogen-bond acceptors (Lipinski definition) is 2. The van der Waals surface area contributed by atoms with Crippen LogP contribution in [0.4, 0.5) is 0 Å². The topological polar surface area (TPSA) is 22.1 Å². The van der Waals surface area contributed by atoms with Gasteiger partial charge in [-0.15, -0.1) is 0 Å². The molecule has 1 heterocycles. The van der Waals surface area contributed by atoms with E-state index in [-0.39, 0.29) is 0 Å². The zero-order valence-electron chi connectivity index (χ0n) is 10.1. The van der Waals surface area contributed by atoms with E-state index in [2.05, 4.69) is 0 Å². The minimum absolute atomic E-state index is 0.805. The molecule has 0 amide bonds. The molecule has 0 aliphatic heterocycles. The molecule has 0 saturated heterocycles. The molecule has 0 radical (unpaired) electrons. The quantitative estimate of drug-likeness (QED) is 0.671. The van der Waals surface area contributed by atoms with E-state index in [1.165, 1.54) is 0 Å². The van der Waals surface area contributed by atoms with Crippen LogP contribution in [0.5, 0.6) is 5.75 Å². The number of para-hydroxylation sites is 1. The number of fused-ring (bicyclic) bond motifs is 1. The average Bonchev–Trinajstić information content (AvgIpc) is 2.46. The van der Waals surface area contributed by atoms with Crippen LogP contribution in [0.25, 0.3) is 22.2 Å². The Labute approximate surface area is 106 Å². The van der Waals surface area contributed by atoms with Gasteiger partial charge in [0, 0.05) is 10.9 Å². The minimum atomic E-state index is 0.805. The second kappa shape index (κ2) is 4.49. The van der Waals surface area contributed by atoms with E-state index in [0.29, 0.717) is 0 Å². The summed E-state index contributed by atoms with van der Waals surface area (Å²) in [7, 11) is 1.68. The molecule has 0 fully saturated rings. The lowest BCUT2D eigenvalue weighted by atomic mass is 10.1. The van der Waals surface area contributed by atoms with Crippen LogP contribution >= 0.6 is 0 Å². The van der Waals surface area contributed by atoms with Crippen LogP contribution in [0.2, 0.25) is 0 Å². The van der Waals surface area contributed by atoms with Gasteiger partial charge >= 0.3 is 0 Å². The summed E-state index contributed by atoms with van der Waals surface area (Å²) in [5.74, 6) is 0.805. The number of rotatable bonds is 2. The summed E-state index contributed by atoms with van der Waals surface area (Å²) in [6.07, 6.45) is 0. The van der Waals surface area contributed by atoms with Crippen molar-refractivity contribution in [2.45, 2.75) is 0 Å². The van der Waals surface area contributed by atoms with Crippen molar-refractivity contribution < 1.29 is 4.74 Å². The average molecular weight is 235 g/mol. The molecule has 18 heavy (non-hydrogen) atoms. The van der Waals surface area contributed by atoms with E-state index < -0.39 is 0 Å². The Kier molecular flexibility index (Phi) is 2.69. The molecule has 2 heteroatoms. The van der Waals surface area contributed by atoms with Gasteiger partial charge in [-0.25, -0.2) is 4.98 Å². The standard InChI is InChI=1S/C16H13NO/c1-18-15-11-13-9-5-6-10-14(13)17-16(15)12-7-3-2-4-8-12/h2-11H,1H3. The Bertz CT molecular complexity index is 677. The molecule has 2 aromatic carbocycles. The highest BCUT2D eigenvalue weighted by Crippen LogP contribution is 2.30. The van der Waals surface area contributed by atoms with E-state index in [0.717, 1.165) is 27.9 Å². The Morgan fingerprint density at radius 3 is 2.39 bits per heavy atom. The van der Waals surface area contributed by atoms with Crippen molar-refractivity contribution in [2.75, 3.05) is 7.11 Å². The van der Waals surface area contributed by atoms with Gasteiger partial charge in [0.2, 0.25) is 0 Å².